The fourth-order valence-corrected chi connectivity index (χ4v) is 4.61. The van der Waals surface area contributed by atoms with Gasteiger partial charge in [0, 0.05) is 23.6 Å². The summed E-state index contributed by atoms with van der Waals surface area (Å²) in [4.78, 5) is 18.1. The highest BCUT2D eigenvalue weighted by atomic mass is 32.1. The molecular formula is C28H22N2O2S. The van der Waals surface area contributed by atoms with Gasteiger partial charge in [0.2, 0.25) is 0 Å². The summed E-state index contributed by atoms with van der Waals surface area (Å²) >= 11 is 1.68. The van der Waals surface area contributed by atoms with Gasteiger partial charge in [-0.25, -0.2) is 4.79 Å². The van der Waals surface area contributed by atoms with Crippen molar-refractivity contribution in [3.05, 3.63) is 125 Å². The van der Waals surface area contributed by atoms with E-state index in [9.17, 15) is 4.79 Å². The van der Waals surface area contributed by atoms with E-state index >= 15 is 0 Å². The van der Waals surface area contributed by atoms with Gasteiger partial charge < -0.3 is 9.40 Å². The average molecular weight is 451 g/mol. The third kappa shape index (κ3) is 4.36. The van der Waals surface area contributed by atoms with E-state index < -0.39 is 5.97 Å². The molecule has 162 valence electrons. The lowest BCUT2D eigenvalue weighted by Gasteiger charge is -2.08. The number of carbonyl (C=O) groups excluding carboxylic acids is 1. The topological polar surface area (TPSA) is 43.6 Å². The average Bonchev–Trinajstić information content (AvgIpc) is 3.51. The fraction of sp³-hybridized carbons (Fsp3) is 0.0714. The van der Waals surface area contributed by atoms with Crippen molar-refractivity contribution in [3.63, 3.8) is 0 Å². The first kappa shape index (κ1) is 20.9. The van der Waals surface area contributed by atoms with Crippen LogP contribution in [0.3, 0.4) is 0 Å². The third-order valence-electron chi connectivity index (χ3n) is 5.63. The monoisotopic (exact) mass is 450 g/mol. The van der Waals surface area contributed by atoms with Gasteiger partial charge in [0.15, 0.2) is 0 Å². The zero-order valence-corrected chi connectivity index (χ0v) is 19.0. The molecule has 5 rings (SSSR count). The molecule has 0 saturated heterocycles. The van der Waals surface area contributed by atoms with Gasteiger partial charge in [-0.15, -0.1) is 11.3 Å². The number of hydrogen-bond acceptors (Lipinski definition) is 4. The van der Waals surface area contributed by atoms with Gasteiger partial charge in [-0.05, 0) is 53.8 Å². The lowest BCUT2D eigenvalue weighted by atomic mass is 9.98. The van der Waals surface area contributed by atoms with Crippen LogP contribution in [-0.2, 0) is 11.3 Å². The summed E-state index contributed by atoms with van der Waals surface area (Å²) in [6.45, 7) is 2.08. The van der Waals surface area contributed by atoms with Crippen LogP contribution >= 0.6 is 11.3 Å². The Morgan fingerprint density at radius 2 is 1.67 bits per heavy atom. The number of nitrogens with zero attached hydrogens (tertiary/aromatic N) is 2. The van der Waals surface area contributed by atoms with Gasteiger partial charge in [-0.1, -0.05) is 65.8 Å². The molecule has 0 bridgehead atoms. The molecule has 0 spiro atoms. The van der Waals surface area contributed by atoms with Gasteiger partial charge in [0.25, 0.3) is 0 Å². The van der Waals surface area contributed by atoms with Crippen molar-refractivity contribution in [2.75, 3.05) is 0 Å². The normalized spacial score (nSPS) is 11.6. The summed E-state index contributed by atoms with van der Waals surface area (Å²) < 4.78 is 2.17. The quantitative estimate of drug-likeness (QED) is 0.162. The maximum Gasteiger partial charge on any atom is 0.365 e. The van der Waals surface area contributed by atoms with Crippen molar-refractivity contribution in [2.24, 2.45) is 5.16 Å². The molecule has 0 aliphatic rings. The number of carbonyl (C=O) groups is 1. The zero-order chi connectivity index (χ0) is 22.6. The predicted octanol–water partition coefficient (Wildman–Crippen LogP) is 6.80. The molecule has 0 aliphatic carbocycles. The number of thiophene rings is 1. The van der Waals surface area contributed by atoms with Gasteiger partial charge >= 0.3 is 5.97 Å². The SMILES string of the molecule is Cc1ccccc1C/C(=N\OC(=O)c1ccccc1)c1cn(-c2cccs2)c2ccccc12. The standard InChI is InChI=1S/C28H22N2O2S/c1-20-10-5-6-13-22(20)18-25(29-32-28(31)21-11-3-2-4-12-21)24-19-30(27-16-9-17-33-27)26-15-8-7-14-23(24)26/h2-17,19H,18H2,1H3/b29-25+. The Hall–Kier alpha value is -3.96. The molecule has 5 aromatic rings. The number of aromatic nitrogens is 1. The molecule has 0 N–H and O–H groups in total. The van der Waals surface area contributed by atoms with Crippen molar-refractivity contribution in [1.82, 2.24) is 4.57 Å². The molecule has 4 nitrogen and oxygen atoms in total. The van der Waals surface area contributed by atoms with Crippen LogP contribution in [0.4, 0.5) is 0 Å². The van der Waals surface area contributed by atoms with Crippen LogP contribution in [0.1, 0.15) is 27.0 Å². The lowest BCUT2D eigenvalue weighted by Crippen LogP contribution is -2.10. The summed E-state index contributed by atoms with van der Waals surface area (Å²) in [5.41, 5.74) is 5.52. The Morgan fingerprint density at radius 3 is 2.45 bits per heavy atom. The molecule has 2 aromatic heterocycles. The van der Waals surface area contributed by atoms with E-state index in [0.29, 0.717) is 17.7 Å². The number of hydrogen-bond donors (Lipinski definition) is 0. The van der Waals surface area contributed by atoms with Crippen LogP contribution in [0.25, 0.3) is 15.9 Å². The Balaban J connectivity index is 1.61. The van der Waals surface area contributed by atoms with Gasteiger partial charge in [-0.2, -0.15) is 0 Å². The van der Waals surface area contributed by atoms with Crippen molar-refractivity contribution >= 4 is 33.9 Å². The molecule has 5 heteroatoms. The molecule has 0 amide bonds. The van der Waals surface area contributed by atoms with E-state index in [1.165, 1.54) is 5.56 Å². The van der Waals surface area contributed by atoms with Crippen LogP contribution in [0.15, 0.2) is 108 Å². The maximum absolute atomic E-state index is 12.6. The van der Waals surface area contributed by atoms with E-state index in [4.69, 9.17) is 4.84 Å². The second kappa shape index (κ2) is 9.27. The van der Waals surface area contributed by atoms with Crippen LogP contribution < -0.4 is 0 Å². The number of oxime groups is 1. The molecule has 33 heavy (non-hydrogen) atoms. The summed E-state index contributed by atoms with van der Waals surface area (Å²) in [6, 6.07) is 29.5. The van der Waals surface area contributed by atoms with Gasteiger partial charge in [0.05, 0.1) is 21.8 Å². The molecule has 0 aliphatic heterocycles. The first-order valence-electron chi connectivity index (χ1n) is 10.7. The van der Waals surface area contributed by atoms with Crippen LogP contribution in [-0.4, -0.2) is 16.2 Å². The van der Waals surface area contributed by atoms with Crippen molar-refractivity contribution in [1.29, 1.82) is 0 Å². The minimum atomic E-state index is -0.472. The summed E-state index contributed by atoms with van der Waals surface area (Å²) in [5, 5.41) is 8.66. The molecule has 0 saturated carbocycles. The van der Waals surface area contributed by atoms with Gasteiger partial charge in [0.1, 0.15) is 0 Å². The maximum atomic E-state index is 12.6. The first-order chi connectivity index (χ1) is 16.2. The third-order valence-corrected chi connectivity index (χ3v) is 6.50. The number of benzene rings is 3. The predicted molar refractivity (Wildman–Crippen MR) is 134 cm³/mol. The first-order valence-corrected chi connectivity index (χ1v) is 11.6. The summed E-state index contributed by atoms with van der Waals surface area (Å²) in [6.07, 6.45) is 2.64. The van der Waals surface area contributed by atoms with Gasteiger partial charge in [-0.3, -0.25) is 0 Å². The number of fused-ring (bicyclic) bond motifs is 1. The molecule has 3 aromatic carbocycles. The molecule has 0 atom stereocenters. The zero-order valence-electron chi connectivity index (χ0n) is 18.1. The van der Waals surface area contributed by atoms with E-state index in [1.807, 2.05) is 48.5 Å². The molecular weight excluding hydrogens is 428 g/mol. The largest absolute Gasteiger partial charge is 0.365 e. The highest BCUT2D eigenvalue weighted by Crippen LogP contribution is 2.29. The minimum Gasteiger partial charge on any atom is -0.313 e. The van der Waals surface area contributed by atoms with E-state index in [2.05, 4.69) is 58.6 Å². The minimum absolute atomic E-state index is 0.470. The number of para-hydroxylation sites is 1. The Kier molecular flexibility index (Phi) is 5.87. The van der Waals surface area contributed by atoms with Crippen LogP contribution in [0, 0.1) is 6.92 Å². The molecule has 0 fully saturated rings. The molecule has 0 unspecified atom stereocenters. The number of aryl methyl sites for hydroxylation is 1. The van der Waals surface area contributed by atoms with Crippen molar-refractivity contribution < 1.29 is 9.63 Å². The highest BCUT2D eigenvalue weighted by molar-refractivity contribution is 7.12. The smallest absolute Gasteiger partial charge is 0.313 e. The van der Waals surface area contributed by atoms with E-state index in [0.717, 1.165) is 27.0 Å². The highest BCUT2D eigenvalue weighted by Gasteiger charge is 2.18. The van der Waals surface area contributed by atoms with E-state index in [1.54, 1.807) is 23.5 Å². The number of rotatable bonds is 6. The van der Waals surface area contributed by atoms with E-state index in [-0.39, 0.29) is 0 Å². The fourth-order valence-electron chi connectivity index (χ4n) is 3.89. The van der Waals surface area contributed by atoms with Crippen molar-refractivity contribution in [3.8, 4) is 5.00 Å². The Labute approximate surface area is 196 Å². The second-order valence-corrected chi connectivity index (χ2v) is 8.69. The second-order valence-electron chi connectivity index (χ2n) is 7.77. The molecule has 2 heterocycles. The Morgan fingerprint density at radius 1 is 0.909 bits per heavy atom. The lowest BCUT2D eigenvalue weighted by molar-refractivity contribution is 0.0516. The van der Waals surface area contributed by atoms with Crippen LogP contribution in [0.5, 0.6) is 0 Å². The van der Waals surface area contributed by atoms with Crippen LogP contribution in [0.2, 0.25) is 0 Å². The van der Waals surface area contributed by atoms with Crippen molar-refractivity contribution in [2.45, 2.75) is 13.3 Å². The Bertz CT molecular complexity index is 1430. The summed E-state index contributed by atoms with van der Waals surface area (Å²) in [5.74, 6) is -0.472. The summed E-state index contributed by atoms with van der Waals surface area (Å²) in [7, 11) is 0. The molecule has 0 radical (unpaired) electrons.